The summed E-state index contributed by atoms with van der Waals surface area (Å²) in [5.74, 6) is 0. The van der Waals surface area contributed by atoms with Crippen molar-refractivity contribution in [3.05, 3.63) is 144 Å². The van der Waals surface area contributed by atoms with Crippen LogP contribution in [-0.2, 0) is 0 Å². The molecular weight excluding hydrogens is 436 g/mol. The van der Waals surface area contributed by atoms with Gasteiger partial charge in [-0.05, 0) is 78.4 Å². The first-order valence-electron chi connectivity index (χ1n) is 13.0. The second-order valence-corrected chi connectivity index (χ2v) is 8.72. The molecule has 2 nitrogen and oxygen atoms in total. The lowest BCUT2D eigenvalue weighted by atomic mass is 9.93. The highest BCUT2D eigenvalue weighted by Gasteiger charge is 2.09. The third kappa shape index (κ3) is 6.14. The fourth-order valence-electron chi connectivity index (χ4n) is 4.53. The van der Waals surface area contributed by atoms with Crippen LogP contribution in [0.5, 0.6) is 0 Å². The molecule has 0 heterocycles. The van der Waals surface area contributed by atoms with Crippen LogP contribution < -0.4 is 10.2 Å². The molecule has 0 atom stereocenters. The van der Waals surface area contributed by atoms with Crippen molar-refractivity contribution in [1.82, 2.24) is 0 Å². The van der Waals surface area contributed by atoms with Gasteiger partial charge in [-0.25, -0.2) is 0 Å². The van der Waals surface area contributed by atoms with Crippen LogP contribution in [-0.4, -0.2) is 19.6 Å². The standard InChI is InChI=1S/C34H36N2/c1-4-35-31-21-17-29(18-22-31)34(30-19-23-32(24-20-30)36(5-2)6-3)26-25-33(27-13-9-7-10-14-27)28-15-11-8-12-16-28/h7-26,35H,4-6H2,1-3H3/b34-26+. The van der Waals surface area contributed by atoms with Crippen molar-refractivity contribution in [2.45, 2.75) is 20.8 Å². The summed E-state index contributed by atoms with van der Waals surface area (Å²) in [5.41, 5.74) is 9.63. The van der Waals surface area contributed by atoms with Crippen LogP contribution in [0.4, 0.5) is 11.4 Å². The number of nitrogens with zero attached hydrogens (tertiary/aromatic N) is 1. The molecule has 0 aliphatic rings. The molecule has 0 saturated carbocycles. The Morgan fingerprint density at radius 1 is 0.556 bits per heavy atom. The maximum Gasteiger partial charge on any atom is 0.0366 e. The number of rotatable bonds is 10. The maximum atomic E-state index is 3.40. The summed E-state index contributed by atoms with van der Waals surface area (Å²) in [5, 5.41) is 3.40. The van der Waals surface area contributed by atoms with E-state index in [1.165, 1.54) is 39.1 Å². The average Bonchev–Trinajstić information content (AvgIpc) is 2.94. The summed E-state index contributed by atoms with van der Waals surface area (Å²) in [6.45, 7) is 9.45. The molecule has 0 fully saturated rings. The molecule has 4 aromatic rings. The molecule has 0 aromatic heterocycles. The minimum atomic E-state index is 0.912. The second kappa shape index (κ2) is 12.6. The monoisotopic (exact) mass is 472 g/mol. The molecule has 0 radical (unpaired) electrons. The Hall–Kier alpha value is -4.04. The summed E-state index contributed by atoms with van der Waals surface area (Å²) >= 11 is 0. The molecule has 2 heteroatoms. The number of hydrogen-bond acceptors (Lipinski definition) is 2. The fourth-order valence-corrected chi connectivity index (χ4v) is 4.53. The molecule has 0 aliphatic heterocycles. The number of benzene rings is 4. The van der Waals surface area contributed by atoms with Crippen LogP contribution in [0.3, 0.4) is 0 Å². The SMILES string of the molecule is CCNc1ccc(/C(=C\C=C(c2ccccc2)c2ccccc2)c2ccc(N(CC)CC)cc2)cc1. The van der Waals surface area contributed by atoms with Crippen molar-refractivity contribution in [2.75, 3.05) is 29.9 Å². The Kier molecular flexibility index (Phi) is 8.77. The van der Waals surface area contributed by atoms with Crippen LogP contribution in [0.2, 0.25) is 0 Å². The van der Waals surface area contributed by atoms with Gasteiger partial charge >= 0.3 is 0 Å². The smallest absolute Gasteiger partial charge is 0.0366 e. The molecule has 0 spiro atoms. The largest absolute Gasteiger partial charge is 0.385 e. The van der Waals surface area contributed by atoms with Crippen LogP contribution in [0, 0.1) is 0 Å². The van der Waals surface area contributed by atoms with Gasteiger partial charge in [-0.1, -0.05) is 97.1 Å². The van der Waals surface area contributed by atoms with Gasteiger partial charge in [0.25, 0.3) is 0 Å². The number of nitrogens with one attached hydrogen (secondary N) is 1. The fraction of sp³-hybridized carbons (Fsp3) is 0.176. The van der Waals surface area contributed by atoms with E-state index in [1.807, 2.05) is 0 Å². The lowest BCUT2D eigenvalue weighted by Gasteiger charge is -2.21. The molecule has 0 bridgehead atoms. The first-order valence-corrected chi connectivity index (χ1v) is 13.0. The van der Waals surface area contributed by atoms with Crippen molar-refractivity contribution in [3.8, 4) is 0 Å². The summed E-state index contributed by atoms with van der Waals surface area (Å²) < 4.78 is 0. The average molecular weight is 473 g/mol. The van der Waals surface area contributed by atoms with Gasteiger partial charge in [-0.15, -0.1) is 0 Å². The highest BCUT2D eigenvalue weighted by Crippen LogP contribution is 2.29. The van der Waals surface area contributed by atoms with Crippen LogP contribution >= 0.6 is 0 Å². The zero-order valence-corrected chi connectivity index (χ0v) is 21.6. The van der Waals surface area contributed by atoms with Crippen LogP contribution in [0.15, 0.2) is 121 Å². The maximum absolute atomic E-state index is 3.40. The highest BCUT2D eigenvalue weighted by atomic mass is 15.1. The summed E-state index contributed by atoms with van der Waals surface area (Å²) in [7, 11) is 0. The predicted octanol–water partition coefficient (Wildman–Crippen LogP) is 8.53. The van der Waals surface area contributed by atoms with E-state index in [1.54, 1.807) is 0 Å². The predicted molar refractivity (Wildman–Crippen MR) is 158 cm³/mol. The molecule has 0 saturated heterocycles. The molecule has 182 valence electrons. The molecule has 0 unspecified atom stereocenters. The molecule has 4 aromatic carbocycles. The van der Waals surface area contributed by atoms with Gasteiger partial charge in [-0.2, -0.15) is 0 Å². The topological polar surface area (TPSA) is 15.3 Å². The Balaban J connectivity index is 1.82. The third-order valence-corrected chi connectivity index (χ3v) is 6.47. The van der Waals surface area contributed by atoms with E-state index in [9.17, 15) is 0 Å². The zero-order chi connectivity index (χ0) is 25.2. The van der Waals surface area contributed by atoms with E-state index in [0.29, 0.717) is 0 Å². The van der Waals surface area contributed by atoms with E-state index < -0.39 is 0 Å². The van der Waals surface area contributed by atoms with Gasteiger partial charge in [0.1, 0.15) is 0 Å². The third-order valence-electron chi connectivity index (χ3n) is 6.47. The van der Waals surface area contributed by atoms with Gasteiger partial charge in [0, 0.05) is 31.0 Å². The Morgan fingerprint density at radius 2 is 0.972 bits per heavy atom. The molecule has 1 N–H and O–H groups in total. The van der Waals surface area contributed by atoms with E-state index in [4.69, 9.17) is 0 Å². The molecule has 36 heavy (non-hydrogen) atoms. The van der Waals surface area contributed by atoms with E-state index in [0.717, 1.165) is 25.3 Å². The van der Waals surface area contributed by atoms with Crippen molar-refractivity contribution in [1.29, 1.82) is 0 Å². The minimum absolute atomic E-state index is 0.912. The van der Waals surface area contributed by atoms with Gasteiger partial charge < -0.3 is 10.2 Å². The Bertz CT molecular complexity index is 1220. The summed E-state index contributed by atoms with van der Waals surface area (Å²) in [6, 6.07) is 39.0. The van der Waals surface area contributed by atoms with Gasteiger partial charge in [0.2, 0.25) is 0 Å². The van der Waals surface area contributed by atoms with Gasteiger partial charge in [0.15, 0.2) is 0 Å². The van der Waals surface area contributed by atoms with Crippen molar-refractivity contribution in [3.63, 3.8) is 0 Å². The van der Waals surface area contributed by atoms with Crippen molar-refractivity contribution < 1.29 is 0 Å². The highest BCUT2D eigenvalue weighted by molar-refractivity contribution is 5.86. The Labute approximate surface area is 216 Å². The number of anilines is 2. The van der Waals surface area contributed by atoms with E-state index in [-0.39, 0.29) is 0 Å². The van der Waals surface area contributed by atoms with Gasteiger partial charge in [0.05, 0.1) is 0 Å². The summed E-state index contributed by atoms with van der Waals surface area (Å²) in [4.78, 5) is 2.38. The second-order valence-electron chi connectivity index (χ2n) is 8.72. The van der Waals surface area contributed by atoms with E-state index >= 15 is 0 Å². The number of allylic oxidation sites excluding steroid dienone is 2. The minimum Gasteiger partial charge on any atom is -0.385 e. The molecule has 0 amide bonds. The number of hydrogen-bond donors (Lipinski definition) is 1. The Morgan fingerprint density at radius 3 is 1.39 bits per heavy atom. The quantitative estimate of drug-likeness (QED) is 0.233. The summed E-state index contributed by atoms with van der Waals surface area (Å²) in [6.07, 6.45) is 4.53. The van der Waals surface area contributed by atoms with Crippen molar-refractivity contribution in [2.24, 2.45) is 0 Å². The van der Waals surface area contributed by atoms with Crippen molar-refractivity contribution >= 4 is 22.5 Å². The normalized spacial score (nSPS) is 11.1. The molecule has 0 aliphatic carbocycles. The first kappa shape index (κ1) is 25.1. The van der Waals surface area contributed by atoms with Gasteiger partial charge in [-0.3, -0.25) is 0 Å². The van der Waals surface area contributed by atoms with Crippen LogP contribution in [0.1, 0.15) is 43.0 Å². The first-order chi connectivity index (χ1) is 17.7. The van der Waals surface area contributed by atoms with Crippen LogP contribution in [0.25, 0.3) is 11.1 Å². The lowest BCUT2D eigenvalue weighted by Crippen LogP contribution is -2.21. The van der Waals surface area contributed by atoms with E-state index in [2.05, 4.69) is 152 Å². The lowest BCUT2D eigenvalue weighted by molar-refractivity contribution is 0.866. The molecular formula is C34H36N2. The molecule has 4 rings (SSSR count). The zero-order valence-electron chi connectivity index (χ0n) is 21.6.